The highest BCUT2D eigenvalue weighted by atomic mass is 16.2. The number of hydrogen-bond donors (Lipinski definition) is 0. The lowest BCUT2D eigenvalue weighted by Gasteiger charge is -2.38. The lowest BCUT2D eigenvalue weighted by Crippen LogP contribution is -2.52. The molecule has 2 aliphatic rings. The first-order chi connectivity index (χ1) is 14.2. The van der Waals surface area contributed by atoms with Crippen molar-refractivity contribution in [2.24, 2.45) is 5.92 Å². The van der Waals surface area contributed by atoms with Gasteiger partial charge in [0.1, 0.15) is 0 Å². The summed E-state index contributed by atoms with van der Waals surface area (Å²) in [6.45, 7) is 10.6. The van der Waals surface area contributed by atoms with E-state index in [-0.39, 0.29) is 6.03 Å². The number of hydrogen-bond acceptors (Lipinski definition) is 3. The van der Waals surface area contributed by atoms with Crippen LogP contribution < -0.4 is 4.90 Å². The van der Waals surface area contributed by atoms with E-state index in [0.29, 0.717) is 0 Å². The average molecular weight is 393 g/mol. The monoisotopic (exact) mass is 392 g/mol. The van der Waals surface area contributed by atoms with Crippen LogP contribution in [-0.2, 0) is 0 Å². The number of para-hydroxylation sites is 2. The Labute approximate surface area is 174 Å². The molecule has 0 spiro atoms. The first-order valence-electron chi connectivity index (χ1n) is 10.9. The Kier molecular flexibility index (Phi) is 6.47. The Morgan fingerprint density at radius 1 is 0.862 bits per heavy atom. The van der Waals surface area contributed by atoms with Gasteiger partial charge in [-0.2, -0.15) is 0 Å². The molecule has 0 bridgehead atoms. The van der Waals surface area contributed by atoms with Gasteiger partial charge >= 0.3 is 6.03 Å². The van der Waals surface area contributed by atoms with Crippen molar-refractivity contribution in [3.05, 3.63) is 60.7 Å². The van der Waals surface area contributed by atoms with Crippen LogP contribution in [0.4, 0.5) is 16.2 Å². The quantitative estimate of drug-likeness (QED) is 0.773. The van der Waals surface area contributed by atoms with Gasteiger partial charge in [-0.25, -0.2) is 4.79 Å². The molecule has 2 aromatic carbocycles. The van der Waals surface area contributed by atoms with Gasteiger partial charge in [0, 0.05) is 39.3 Å². The van der Waals surface area contributed by atoms with Gasteiger partial charge in [0.2, 0.25) is 0 Å². The van der Waals surface area contributed by atoms with Crippen molar-refractivity contribution in [2.45, 2.75) is 13.3 Å². The molecule has 2 saturated heterocycles. The predicted octanol–water partition coefficient (Wildman–Crippen LogP) is 3.90. The average Bonchev–Trinajstić information content (AvgIpc) is 3.23. The van der Waals surface area contributed by atoms with Crippen molar-refractivity contribution in [3.8, 4) is 0 Å². The molecular weight excluding hydrogens is 360 g/mol. The fraction of sp³-hybridized carbons (Fsp3) is 0.458. The zero-order valence-electron chi connectivity index (χ0n) is 17.4. The SMILES string of the molecule is CCN1CCC(CN2CCN(C(=O)N(c3ccccc3)c3ccccc3)CC2)C1. The van der Waals surface area contributed by atoms with Crippen molar-refractivity contribution in [1.82, 2.24) is 14.7 Å². The minimum atomic E-state index is 0.0695. The second kappa shape index (κ2) is 9.42. The maximum atomic E-state index is 13.5. The molecular formula is C24H32N4O. The number of carbonyl (C=O) groups is 1. The Morgan fingerprint density at radius 2 is 1.45 bits per heavy atom. The molecule has 0 aromatic heterocycles. The molecule has 0 N–H and O–H groups in total. The molecule has 0 aliphatic carbocycles. The number of rotatable bonds is 5. The predicted molar refractivity (Wildman–Crippen MR) is 119 cm³/mol. The number of likely N-dealkylation sites (tertiary alicyclic amines) is 1. The minimum absolute atomic E-state index is 0.0695. The van der Waals surface area contributed by atoms with E-state index in [0.717, 1.165) is 50.0 Å². The number of nitrogens with zero attached hydrogens (tertiary/aromatic N) is 4. The molecule has 1 atom stereocenters. The van der Waals surface area contributed by atoms with Crippen LogP contribution in [-0.4, -0.2) is 73.1 Å². The summed E-state index contributed by atoms with van der Waals surface area (Å²) in [6, 6.07) is 20.0. The van der Waals surface area contributed by atoms with Gasteiger partial charge in [-0.05, 0) is 49.7 Å². The van der Waals surface area contributed by atoms with Gasteiger partial charge < -0.3 is 9.80 Å². The fourth-order valence-corrected chi connectivity index (χ4v) is 4.50. The Balaban J connectivity index is 1.39. The Bertz CT molecular complexity index is 734. The summed E-state index contributed by atoms with van der Waals surface area (Å²) in [5.41, 5.74) is 1.83. The number of amides is 2. The molecule has 5 nitrogen and oxygen atoms in total. The molecule has 0 radical (unpaired) electrons. The smallest absolute Gasteiger partial charge is 0.321 e. The van der Waals surface area contributed by atoms with Crippen molar-refractivity contribution < 1.29 is 4.79 Å². The van der Waals surface area contributed by atoms with E-state index in [1.165, 1.54) is 26.1 Å². The van der Waals surface area contributed by atoms with Crippen molar-refractivity contribution >= 4 is 17.4 Å². The van der Waals surface area contributed by atoms with Crippen molar-refractivity contribution in [2.75, 3.05) is 57.3 Å². The molecule has 2 fully saturated rings. The molecule has 29 heavy (non-hydrogen) atoms. The maximum absolute atomic E-state index is 13.5. The van der Waals surface area contributed by atoms with Crippen LogP contribution in [0.25, 0.3) is 0 Å². The van der Waals surface area contributed by atoms with Gasteiger partial charge in [-0.15, -0.1) is 0 Å². The first kappa shape index (κ1) is 19.9. The minimum Gasteiger partial charge on any atom is -0.321 e. The second-order valence-electron chi connectivity index (χ2n) is 8.12. The summed E-state index contributed by atoms with van der Waals surface area (Å²) in [5, 5.41) is 0. The van der Waals surface area contributed by atoms with Gasteiger partial charge in [0.25, 0.3) is 0 Å². The zero-order valence-corrected chi connectivity index (χ0v) is 17.4. The van der Waals surface area contributed by atoms with Crippen LogP contribution in [0.5, 0.6) is 0 Å². The van der Waals surface area contributed by atoms with E-state index < -0.39 is 0 Å². The molecule has 2 aliphatic heterocycles. The summed E-state index contributed by atoms with van der Waals surface area (Å²) in [5.74, 6) is 0.780. The molecule has 0 saturated carbocycles. The molecule has 154 valence electrons. The first-order valence-corrected chi connectivity index (χ1v) is 10.9. The summed E-state index contributed by atoms with van der Waals surface area (Å²) in [4.78, 5) is 22.4. The fourth-order valence-electron chi connectivity index (χ4n) is 4.50. The van der Waals surface area contributed by atoms with Crippen molar-refractivity contribution in [1.29, 1.82) is 0 Å². The van der Waals surface area contributed by atoms with Gasteiger partial charge in [-0.1, -0.05) is 43.3 Å². The van der Waals surface area contributed by atoms with Crippen LogP contribution in [0.15, 0.2) is 60.7 Å². The number of piperazine rings is 1. The van der Waals surface area contributed by atoms with E-state index in [2.05, 4.69) is 16.7 Å². The third-order valence-corrected chi connectivity index (χ3v) is 6.20. The lowest BCUT2D eigenvalue weighted by atomic mass is 10.1. The Hall–Kier alpha value is -2.37. The summed E-state index contributed by atoms with van der Waals surface area (Å²) in [6.07, 6.45) is 1.31. The molecule has 2 aromatic rings. The highest BCUT2D eigenvalue weighted by Gasteiger charge is 2.29. The summed E-state index contributed by atoms with van der Waals surface area (Å²) >= 11 is 0. The van der Waals surface area contributed by atoms with Crippen LogP contribution in [0.3, 0.4) is 0 Å². The number of urea groups is 1. The normalized spacial score (nSPS) is 20.7. The van der Waals surface area contributed by atoms with E-state index in [4.69, 9.17) is 0 Å². The third-order valence-electron chi connectivity index (χ3n) is 6.20. The molecule has 4 rings (SSSR count). The van der Waals surface area contributed by atoms with E-state index in [9.17, 15) is 4.79 Å². The van der Waals surface area contributed by atoms with Crippen LogP contribution in [0, 0.1) is 5.92 Å². The van der Waals surface area contributed by atoms with E-state index in [1.807, 2.05) is 70.5 Å². The third kappa shape index (κ3) is 4.80. The van der Waals surface area contributed by atoms with Gasteiger partial charge in [-0.3, -0.25) is 9.80 Å². The summed E-state index contributed by atoms with van der Waals surface area (Å²) < 4.78 is 0. The van der Waals surface area contributed by atoms with E-state index in [1.54, 1.807) is 0 Å². The second-order valence-corrected chi connectivity index (χ2v) is 8.12. The molecule has 1 unspecified atom stereocenters. The summed E-state index contributed by atoms with van der Waals surface area (Å²) in [7, 11) is 0. The van der Waals surface area contributed by atoms with Gasteiger partial charge in [0.15, 0.2) is 0 Å². The zero-order chi connectivity index (χ0) is 20.1. The standard InChI is InChI=1S/C24H32N4O/c1-2-25-14-13-21(19-25)20-26-15-17-27(18-16-26)24(29)28(22-9-5-3-6-10-22)23-11-7-4-8-12-23/h3-12,21H,2,13-20H2,1H3. The van der Waals surface area contributed by atoms with Crippen molar-refractivity contribution in [3.63, 3.8) is 0 Å². The molecule has 2 amide bonds. The highest BCUT2D eigenvalue weighted by molar-refractivity contribution is 5.99. The Morgan fingerprint density at radius 3 is 1.97 bits per heavy atom. The van der Waals surface area contributed by atoms with Crippen LogP contribution >= 0.6 is 0 Å². The topological polar surface area (TPSA) is 30.0 Å². The lowest BCUT2D eigenvalue weighted by molar-refractivity contribution is 0.132. The molecule has 2 heterocycles. The van der Waals surface area contributed by atoms with Crippen LogP contribution in [0.2, 0.25) is 0 Å². The largest absolute Gasteiger partial charge is 0.329 e. The number of anilines is 2. The number of carbonyl (C=O) groups excluding carboxylic acids is 1. The van der Waals surface area contributed by atoms with Gasteiger partial charge in [0.05, 0.1) is 11.4 Å². The number of benzene rings is 2. The molecule has 5 heteroatoms. The highest BCUT2D eigenvalue weighted by Crippen LogP contribution is 2.27. The van der Waals surface area contributed by atoms with E-state index >= 15 is 0 Å². The maximum Gasteiger partial charge on any atom is 0.329 e. The van der Waals surface area contributed by atoms with Crippen LogP contribution in [0.1, 0.15) is 13.3 Å².